The van der Waals surface area contributed by atoms with Gasteiger partial charge in [-0.15, -0.1) is 0 Å². The van der Waals surface area contributed by atoms with E-state index in [0.29, 0.717) is 17.1 Å². The van der Waals surface area contributed by atoms with Crippen LogP contribution >= 0.6 is 11.6 Å². The van der Waals surface area contributed by atoms with Gasteiger partial charge in [0, 0.05) is 23.4 Å². The van der Waals surface area contributed by atoms with E-state index in [-0.39, 0.29) is 17.7 Å². The van der Waals surface area contributed by atoms with Crippen molar-refractivity contribution in [3.63, 3.8) is 0 Å². The molecule has 0 bridgehead atoms. The lowest BCUT2D eigenvalue weighted by Gasteiger charge is -2.26. The molecule has 1 N–H and O–H groups in total. The Morgan fingerprint density at radius 2 is 2.09 bits per heavy atom. The maximum Gasteiger partial charge on any atom is 0.236 e. The van der Waals surface area contributed by atoms with Gasteiger partial charge in [0.05, 0.1) is 6.04 Å². The number of hydrogen-bond donors (Lipinski definition) is 1. The summed E-state index contributed by atoms with van der Waals surface area (Å²) in [6.45, 7) is 0.371. The number of benzene rings is 1. The lowest BCUT2D eigenvalue weighted by molar-refractivity contribution is -0.129. The van der Waals surface area contributed by atoms with Gasteiger partial charge >= 0.3 is 0 Å². The summed E-state index contributed by atoms with van der Waals surface area (Å²) in [5.41, 5.74) is 1.65. The highest BCUT2D eigenvalue weighted by Gasteiger charge is 2.35. The highest BCUT2D eigenvalue weighted by Crippen LogP contribution is 2.27. The molecule has 1 aromatic rings. The topological polar surface area (TPSA) is 58.5 Å². The molecule has 2 atom stereocenters. The fourth-order valence-corrected chi connectivity index (χ4v) is 2.93. The molecule has 0 radical (unpaired) electrons. The third-order valence-electron chi connectivity index (χ3n) is 4.05. The van der Waals surface area contributed by atoms with Crippen LogP contribution < -0.4 is 5.32 Å². The molecule has 1 aliphatic carbocycles. The van der Waals surface area contributed by atoms with E-state index in [1.54, 1.807) is 12.1 Å². The van der Waals surface area contributed by atoms with Gasteiger partial charge in [-0.05, 0) is 37.0 Å². The Kier molecular flexibility index (Phi) is 4.39. The van der Waals surface area contributed by atoms with Crippen LogP contribution in [-0.4, -0.2) is 23.9 Å². The molecular formula is C17H17ClN2O2. The third kappa shape index (κ3) is 3.12. The number of rotatable bonds is 3. The Hall–Kier alpha value is -1.94. The number of nitrogens with one attached hydrogen (secondary N) is 1. The van der Waals surface area contributed by atoms with E-state index in [2.05, 4.69) is 10.3 Å². The summed E-state index contributed by atoms with van der Waals surface area (Å²) < 4.78 is 0. The Morgan fingerprint density at radius 3 is 2.86 bits per heavy atom. The maximum absolute atomic E-state index is 12.4. The van der Waals surface area contributed by atoms with Crippen molar-refractivity contribution in [2.24, 2.45) is 10.9 Å². The van der Waals surface area contributed by atoms with Crippen molar-refractivity contribution in [1.29, 1.82) is 0 Å². The predicted octanol–water partition coefficient (Wildman–Crippen LogP) is 2.70. The lowest BCUT2D eigenvalue weighted by Crippen LogP contribution is -2.41. The van der Waals surface area contributed by atoms with Crippen LogP contribution in [0.1, 0.15) is 24.8 Å². The average Bonchev–Trinajstić information content (AvgIpc) is 2.55. The molecule has 0 saturated heterocycles. The number of carbonyl (C=O) groups is 2. The van der Waals surface area contributed by atoms with Gasteiger partial charge in [-0.3, -0.25) is 14.6 Å². The fraction of sp³-hybridized carbons (Fsp3) is 0.353. The van der Waals surface area contributed by atoms with Crippen molar-refractivity contribution in [3.8, 4) is 0 Å². The van der Waals surface area contributed by atoms with Gasteiger partial charge in [0.2, 0.25) is 5.91 Å². The molecular weight excluding hydrogens is 300 g/mol. The number of fused-ring (bicyclic) bond motifs is 1. The molecule has 2 aliphatic rings. The first-order chi connectivity index (χ1) is 10.6. The van der Waals surface area contributed by atoms with Crippen LogP contribution in [0.2, 0.25) is 5.02 Å². The van der Waals surface area contributed by atoms with Gasteiger partial charge in [-0.2, -0.15) is 0 Å². The molecule has 1 heterocycles. The second-order valence-electron chi connectivity index (χ2n) is 5.59. The van der Waals surface area contributed by atoms with Crippen LogP contribution in [0, 0.1) is 5.92 Å². The van der Waals surface area contributed by atoms with Crippen LogP contribution in [-0.2, 0) is 16.1 Å². The van der Waals surface area contributed by atoms with E-state index in [1.165, 1.54) is 6.21 Å². The number of aliphatic imine (C=N–C) groups is 1. The summed E-state index contributed by atoms with van der Waals surface area (Å²) in [5.74, 6) is -1.20. The molecule has 0 saturated carbocycles. The number of allylic oxidation sites excluding steroid dienone is 1. The number of nitrogens with zero attached hydrogens (tertiary/aromatic N) is 1. The summed E-state index contributed by atoms with van der Waals surface area (Å²) in [6, 6.07) is 7.20. The number of Topliss-reactive ketones (excluding diaryl/α,β-unsaturated/α-hetero) is 1. The van der Waals surface area contributed by atoms with E-state index in [0.717, 1.165) is 24.8 Å². The number of hydrogen-bond acceptors (Lipinski definition) is 3. The normalized spacial score (nSPS) is 23.7. The SMILES string of the molecule is O=C(NCc1ccc(Cl)cc1)C1C=NC2CCCC=C2C1=O. The molecule has 114 valence electrons. The predicted molar refractivity (Wildman–Crippen MR) is 86.0 cm³/mol. The first-order valence-electron chi connectivity index (χ1n) is 7.45. The van der Waals surface area contributed by atoms with Crippen LogP contribution in [0.15, 0.2) is 40.9 Å². The number of carbonyl (C=O) groups excluding carboxylic acids is 2. The van der Waals surface area contributed by atoms with E-state index in [9.17, 15) is 9.59 Å². The fourth-order valence-electron chi connectivity index (χ4n) is 2.81. The zero-order valence-corrected chi connectivity index (χ0v) is 12.8. The molecule has 22 heavy (non-hydrogen) atoms. The number of amides is 1. The molecule has 3 rings (SSSR count). The molecule has 1 aliphatic heterocycles. The van der Waals surface area contributed by atoms with Gasteiger partial charge < -0.3 is 5.32 Å². The van der Waals surface area contributed by atoms with Crippen molar-refractivity contribution in [2.45, 2.75) is 31.8 Å². The minimum atomic E-state index is -0.798. The third-order valence-corrected chi connectivity index (χ3v) is 4.30. The molecule has 0 spiro atoms. The minimum absolute atomic E-state index is 0.0402. The molecule has 0 fully saturated rings. The smallest absolute Gasteiger partial charge is 0.236 e. The van der Waals surface area contributed by atoms with Crippen LogP contribution in [0.4, 0.5) is 0 Å². The van der Waals surface area contributed by atoms with Crippen molar-refractivity contribution in [2.75, 3.05) is 0 Å². The second kappa shape index (κ2) is 6.44. The number of halogens is 1. The van der Waals surface area contributed by atoms with Gasteiger partial charge in [0.15, 0.2) is 5.78 Å². The van der Waals surface area contributed by atoms with Gasteiger partial charge in [-0.1, -0.05) is 29.8 Å². The maximum atomic E-state index is 12.4. The number of ketones is 1. The minimum Gasteiger partial charge on any atom is -0.351 e. The molecule has 0 aromatic heterocycles. The van der Waals surface area contributed by atoms with E-state index in [4.69, 9.17) is 11.6 Å². The summed E-state index contributed by atoms with van der Waals surface area (Å²) in [6.07, 6.45) is 6.28. The Bertz CT molecular complexity index is 649. The highest BCUT2D eigenvalue weighted by molar-refractivity contribution is 6.30. The summed E-state index contributed by atoms with van der Waals surface area (Å²) in [7, 11) is 0. The van der Waals surface area contributed by atoms with Crippen molar-refractivity contribution in [1.82, 2.24) is 5.32 Å². The Balaban J connectivity index is 1.65. The monoisotopic (exact) mass is 316 g/mol. The van der Waals surface area contributed by atoms with Crippen LogP contribution in [0.3, 0.4) is 0 Å². The highest BCUT2D eigenvalue weighted by atomic mass is 35.5. The van der Waals surface area contributed by atoms with Crippen molar-refractivity contribution in [3.05, 3.63) is 46.5 Å². The van der Waals surface area contributed by atoms with Gasteiger partial charge in [0.25, 0.3) is 0 Å². The molecule has 1 amide bonds. The van der Waals surface area contributed by atoms with E-state index >= 15 is 0 Å². The molecule has 5 heteroatoms. The first-order valence-corrected chi connectivity index (χ1v) is 7.82. The van der Waals surface area contributed by atoms with Crippen LogP contribution in [0.5, 0.6) is 0 Å². The Labute approximate surface area is 134 Å². The zero-order chi connectivity index (χ0) is 15.5. The standard InChI is InChI=1S/C17H17ClN2O2/c18-12-7-5-11(6-8-12)9-20-17(22)14-10-19-15-4-2-1-3-13(15)16(14)21/h3,5-8,10,14-15H,1-2,4,9H2,(H,20,22). The van der Waals surface area contributed by atoms with Gasteiger partial charge in [0.1, 0.15) is 5.92 Å². The average molecular weight is 317 g/mol. The van der Waals surface area contributed by atoms with Crippen molar-refractivity contribution < 1.29 is 9.59 Å². The Morgan fingerprint density at radius 1 is 1.32 bits per heavy atom. The summed E-state index contributed by atoms with van der Waals surface area (Å²) in [5, 5.41) is 3.45. The van der Waals surface area contributed by atoms with E-state index < -0.39 is 5.92 Å². The zero-order valence-electron chi connectivity index (χ0n) is 12.1. The summed E-state index contributed by atoms with van der Waals surface area (Å²) in [4.78, 5) is 29.0. The first kappa shape index (κ1) is 15.0. The lowest BCUT2D eigenvalue weighted by atomic mass is 9.84. The molecule has 2 unspecified atom stereocenters. The van der Waals surface area contributed by atoms with Crippen LogP contribution in [0.25, 0.3) is 0 Å². The molecule has 1 aromatic carbocycles. The van der Waals surface area contributed by atoms with E-state index in [1.807, 2.05) is 18.2 Å². The summed E-state index contributed by atoms with van der Waals surface area (Å²) >= 11 is 5.82. The quantitative estimate of drug-likeness (QED) is 0.872. The van der Waals surface area contributed by atoms with Gasteiger partial charge in [-0.25, -0.2) is 0 Å². The van der Waals surface area contributed by atoms with Crippen molar-refractivity contribution >= 4 is 29.5 Å². The largest absolute Gasteiger partial charge is 0.351 e. The second-order valence-corrected chi connectivity index (χ2v) is 6.03. The molecule has 4 nitrogen and oxygen atoms in total.